The molecule has 0 unspecified atom stereocenters. The van der Waals surface area contributed by atoms with Crippen LogP contribution in [0.5, 0.6) is 0 Å². The Morgan fingerprint density at radius 3 is 2.18 bits per heavy atom. The van der Waals surface area contributed by atoms with E-state index in [1.54, 1.807) is 13.3 Å². The van der Waals surface area contributed by atoms with Crippen LogP contribution < -0.4 is 62.9 Å². The molecule has 0 radical (unpaired) electrons. The molecule has 0 amide bonds. The van der Waals surface area contributed by atoms with Crippen molar-refractivity contribution in [2.75, 3.05) is 12.9 Å². The average Bonchev–Trinajstić information content (AvgIpc) is 1.81. The van der Waals surface area contributed by atoms with E-state index in [9.17, 15) is 8.42 Å². The van der Waals surface area contributed by atoms with Gasteiger partial charge in [-0.1, -0.05) is 6.04 Å². The van der Waals surface area contributed by atoms with Crippen molar-refractivity contribution in [1.82, 2.24) is 4.72 Å². The predicted octanol–water partition coefficient (Wildman–Crippen LogP) is -3.88. The van der Waals surface area contributed by atoms with Crippen molar-refractivity contribution in [3.05, 3.63) is 6.42 Å². The van der Waals surface area contributed by atoms with E-state index in [2.05, 4.69) is 4.72 Å². The van der Waals surface area contributed by atoms with Gasteiger partial charge in [-0.2, -0.15) is 6.92 Å². The largest absolute Gasteiger partial charge is 1.00 e. The van der Waals surface area contributed by atoms with Crippen LogP contribution in [0, 0.1) is 6.42 Å². The summed E-state index contributed by atoms with van der Waals surface area (Å²) in [5.74, 6) is 0. The summed E-state index contributed by atoms with van der Waals surface area (Å²) < 4.78 is 23.3. The van der Waals surface area contributed by atoms with E-state index in [0.29, 0.717) is 0 Å². The summed E-state index contributed by atoms with van der Waals surface area (Å²) in [5.41, 5.74) is 0. The van der Waals surface area contributed by atoms with Gasteiger partial charge in [0, 0.05) is 6.61 Å². The van der Waals surface area contributed by atoms with Crippen molar-refractivity contribution in [2.24, 2.45) is 0 Å². The zero-order valence-corrected chi connectivity index (χ0v) is 12.8. The fourth-order valence-corrected chi connectivity index (χ4v) is 1.25. The van der Waals surface area contributed by atoms with Crippen molar-refractivity contribution in [1.29, 1.82) is 0 Å². The molecular weight excluding hydrogens is 240 g/mol. The third-order valence-corrected chi connectivity index (χ3v) is 1.70. The summed E-state index contributed by atoms with van der Waals surface area (Å²) in [5, 5.41) is 8.53. The van der Waals surface area contributed by atoms with Gasteiger partial charge < -0.3 is 11.5 Å². The standard InChI is InChI=1S/C5H12NO3S.Rb/c1-3-5(4-7)6-10(2,8)9;/h3,5-7H,4H2,1-2H3;/q-1;+1/t5-;/m0./s1. The molecule has 0 heterocycles. The summed E-state index contributed by atoms with van der Waals surface area (Å²) in [6.45, 7) is 1.47. The van der Waals surface area contributed by atoms with E-state index in [4.69, 9.17) is 5.11 Å². The van der Waals surface area contributed by atoms with Crippen molar-refractivity contribution in [2.45, 2.75) is 13.0 Å². The van der Waals surface area contributed by atoms with Gasteiger partial charge in [0.1, 0.15) is 0 Å². The Balaban J connectivity index is 0. The maximum atomic E-state index is 10.5. The molecule has 0 saturated carbocycles. The van der Waals surface area contributed by atoms with Crippen molar-refractivity contribution in [3.63, 3.8) is 0 Å². The van der Waals surface area contributed by atoms with Crippen LogP contribution in [0.1, 0.15) is 6.92 Å². The van der Waals surface area contributed by atoms with E-state index in [1.165, 1.54) is 0 Å². The Morgan fingerprint density at radius 1 is 1.64 bits per heavy atom. The molecule has 1 atom stereocenters. The molecule has 0 aromatic carbocycles. The van der Waals surface area contributed by atoms with Crippen LogP contribution in [0.4, 0.5) is 0 Å². The van der Waals surface area contributed by atoms with Crippen LogP contribution >= 0.6 is 0 Å². The van der Waals surface area contributed by atoms with Crippen molar-refractivity contribution < 1.29 is 71.7 Å². The average molecular weight is 252 g/mol. The second kappa shape index (κ2) is 7.11. The van der Waals surface area contributed by atoms with Crippen LogP contribution in [0.15, 0.2) is 0 Å². The van der Waals surface area contributed by atoms with E-state index < -0.39 is 16.1 Å². The topological polar surface area (TPSA) is 66.4 Å². The van der Waals surface area contributed by atoms with E-state index in [0.717, 1.165) is 6.26 Å². The zero-order chi connectivity index (χ0) is 8.20. The molecule has 0 aliphatic carbocycles. The SMILES string of the molecule is C[CH-][C@@H](CO)NS(C)(=O)=O.[Rb+]. The molecule has 0 aliphatic heterocycles. The molecule has 0 rings (SSSR count). The Labute approximate surface area is 117 Å². The molecule has 0 aromatic rings. The third kappa shape index (κ3) is 9.59. The summed E-state index contributed by atoms with van der Waals surface area (Å²) in [6, 6.07) is -0.463. The normalized spacial score (nSPS) is 13.7. The Kier molecular flexibility index (Phi) is 9.81. The van der Waals surface area contributed by atoms with Gasteiger partial charge in [0.25, 0.3) is 0 Å². The van der Waals surface area contributed by atoms with Crippen molar-refractivity contribution in [3.8, 4) is 0 Å². The molecule has 0 aliphatic rings. The quantitative estimate of drug-likeness (QED) is 0.503. The van der Waals surface area contributed by atoms with Gasteiger partial charge in [-0.15, -0.1) is 0 Å². The van der Waals surface area contributed by atoms with Gasteiger partial charge in [0.05, 0.1) is 6.26 Å². The van der Waals surface area contributed by atoms with Crippen LogP contribution in [-0.4, -0.2) is 32.4 Å². The first-order valence-corrected chi connectivity index (χ1v) is 4.76. The summed E-state index contributed by atoms with van der Waals surface area (Å²) >= 11 is 0. The van der Waals surface area contributed by atoms with E-state index >= 15 is 0 Å². The molecule has 6 heteroatoms. The molecule has 11 heavy (non-hydrogen) atoms. The molecular formula is C5H12NO3RbS. The predicted molar refractivity (Wildman–Crippen MR) is 38.8 cm³/mol. The number of hydrogen-bond acceptors (Lipinski definition) is 3. The van der Waals surface area contributed by atoms with Gasteiger partial charge in [-0.3, -0.25) is 0 Å². The van der Waals surface area contributed by atoms with Crippen LogP contribution in [0.3, 0.4) is 0 Å². The second-order valence-electron chi connectivity index (χ2n) is 2.01. The zero-order valence-electron chi connectivity index (χ0n) is 7.03. The van der Waals surface area contributed by atoms with E-state index in [-0.39, 0.29) is 64.8 Å². The van der Waals surface area contributed by atoms with Crippen LogP contribution in [-0.2, 0) is 10.0 Å². The molecule has 0 bridgehead atoms. The van der Waals surface area contributed by atoms with Gasteiger partial charge in [-0.25, -0.2) is 13.1 Å². The Bertz CT molecular complexity index is 176. The second-order valence-corrected chi connectivity index (χ2v) is 3.79. The minimum absolute atomic E-state index is 0. The summed E-state index contributed by atoms with van der Waals surface area (Å²) in [6.07, 6.45) is 2.64. The van der Waals surface area contributed by atoms with Gasteiger partial charge in [-0.05, 0) is 0 Å². The third-order valence-electron chi connectivity index (χ3n) is 0.965. The molecule has 4 nitrogen and oxygen atoms in total. The maximum absolute atomic E-state index is 10.5. The van der Waals surface area contributed by atoms with Gasteiger partial charge in [0.15, 0.2) is 0 Å². The first-order valence-electron chi connectivity index (χ1n) is 2.87. The summed E-state index contributed by atoms with van der Waals surface area (Å²) in [7, 11) is -3.19. The monoisotopic (exact) mass is 251 g/mol. The number of nitrogens with one attached hydrogen (secondary N) is 1. The fraction of sp³-hybridized carbons (Fsp3) is 0.800. The minimum atomic E-state index is -3.19. The number of aliphatic hydroxyl groups is 1. The van der Waals surface area contributed by atoms with E-state index in [1.807, 2.05) is 0 Å². The number of aliphatic hydroxyl groups excluding tert-OH is 1. The summed E-state index contributed by atoms with van der Waals surface area (Å²) in [4.78, 5) is 0. The smallest absolute Gasteiger partial charge is 0.397 e. The molecule has 0 fully saturated rings. The number of rotatable bonds is 4. The van der Waals surface area contributed by atoms with Crippen molar-refractivity contribution >= 4 is 10.0 Å². The molecule has 0 aromatic heterocycles. The van der Waals surface area contributed by atoms with Crippen LogP contribution in [0.25, 0.3) is 0 Å². The molecule has 2 N–H and O–H groups in total. The Hall–Kier alpha value is 1.68. The number of sulfonamides is 1. The van der Waals surface area contributed by atoms with Crippen LogP contribution in [0.2, 0.25) is 0 Å². The molecule has 62 valence electrons. The number of hydrogen-bond donors (Lipinski definition) is 2. The maximum Gasteiger partial charge on any atom is 1.00 e. The van der Waals surface area contributed by atoms with Gasteiger partial charge in [0.2, 0.25) is 10.0 Å². The minimum Gasteiger partial charge on any atom is -0.397 e. The molecule has 0 saturated heterocycles. The first kappa shape index (κ1) is 15.2. The molecule has 0 spiro atoms. The Morgan fingerprint density at radius 2 is 2.09 bits per heavy atom. The van der Waals surface area contributed by atoms with Gasteiger partial charge >= 0.3 is 58.2 Å². The fourth-order valence-electron chi connectivity index (χ4n) is 0.486. The first-order chi connectivity index (χ1) is 4.49.